The van der Waals surface area contributed by atoms with Crippen molar-refractivity contribution in [1.82, 2.24) is 5.32 Å². The van der Waals surface area contributed by atoms with Crippen LogP contribution in [0, 0.1) is 5.92 Å². The molecule has 1 fully saturated rings. The highest BCUT2D eigenvalue weighted by Crippen LogP contribution is 2.14. The first-order chi connectivity index (χ1) is 8.97. The van der Waals surface area contributed by atoms with E-state index in [1.165, 1.54) is 0 Å². The summed E-state index contributed by atoms with van der Waals surface area (Å²) in [4.78, 5) is 27.1. The highest BCUT2D eigenvalue weighted by atomic mass is 35.5. The molecule has 1 atom stereocenters. The van der Waals surface area contributed by atoms with E-state index in [-0.39, 0.29) is 17.8 Å². The van der Waals surface area contributed by atoms with E-state index in [4.69, 9.17) is 16.3 Å². The Kier molecular flexibility index (Phi) is 3.85. The van der Waals surface area contributed by atoms with Gasteiger partial charge in [-0.15, -0.1) is 0 Å². The molecule has 0 radical (unpaired) electrons. The summed E-state index contributed by atoms with van der Waals surface area (Å²) in [6.07, 6.45) is -0.600. The molecule has 6 heteroatoms. The van der Waals surface area contributed by atoms with E-state index in [1.807, 2.05) is 13.8 Å². The number of halogens is 1. The van der Waals surface area contributed by atoms with Crippen molar-refractivity contribution in [3.8, 4) is 0 Å². The lowest BCUT2D eigenvalue weighted by molar-refractivity contribution is -0.124. The zero-order chi connectivity index (χ0) is 14.0. The number of carbonyl (C=O) groups excluding carboxylic acids is 2. The normalized spacial score (nSPS) is 20.5. The summed E-state index contributed by atoms with van der Waals surface area (Å²) in [6.45, 7) is 3.71. The molecule has 1 saturated heterocycles. The van der Waals surface area contributed by atoms with Gasteiger partial charge in [-0.3, -0.25) is 14.9 Å². The Balaban J connectivity index is 2.12. The lowest BCUT2D eigenvalue weighted by atomic mass is 10.1. The van der Waals surface area contributed by atoms with Crippen LogP contribution in [0.25, 0.3) is 0 Å². The molecule has 100 valence electrons. The van der Waals surface area contributed by atoms with Crippen LogP contribution < -0.4 is 5.32 Å². The highest BCUT2D eigenvalue weighted by Gasteiger charge is 2.33. The van der Waals surface area contributed by atoms with Crippen molar-refractivity contribution in [2.45, 2.75) is 20.0 Å². The second-order valence-electron chi connectivity index (χ2n) is 4.50. The SMILES string of the molecule is CC(C)C1OC(=NC(=O)c2ccc(Cl)cc2)NC1=O. The van der Waals surface area contributed by atoms with Crippen LogP contribution in [0.3, 0.4) is 0 Å². The Bertz CT molecular complexity index is 537. The Hall–Kier alpha value is -1.88. The van der Waals surface area contributed by atoms with Crippen molar-refractivity contribution >= 4 is 29.4 Å². The van der Waals surface area contributed by atoms with Gasteiger partial charge < -0.3 is 4.74 Å². The Morgan fingerprint density at radius 3 is 2.53 bits per heavy atom. The molecule has 1 aliphatic heterocycles. The molecule has 1 aromatic carbocycles. The fourth-order valence-electron chi connectivity index (χ4n) is 1.62. The van der Waals surface area contributed by atoms with Gasteiger partial charge in [0, 0.05) is 10.6 Å². The van der Waals surface area contributed by atoms with Crippen LogP contribution in [-0.2, 0) is 9.53 Å². The molecule has 0 spiro atoms. The number of aliphatic imine (C=N–C) groups is 1. The number of benzene rings is 1. The first-order valence-electron chi connectivity index (χ1n) is 5.83. The van der Waals surface area contributed by atoms with E-state index in [0.717, 1.165) is 0 Å². The van der Waals surface area contributed by atoms with E-state index in [2.05, 4.69) is 10.3 Å². The predicted molar refractivity (Wildman–Crippen MR) is 71.1 cm³/mol. The Morgan fingerprint density at radius 1 is 1.37 bits per heavy atom. The van der Waals surface area contributed by atoms with Gasteiger partial charge >= 0.3 is 6.02 Å². The molecule has 19 heavy (non-hydrogen) atoms. The number of ether oxygens (including phenoxy) is 1. The fraction of sp³-hybridized carbons (Fsp3) is 0.308. The summed E-state index contributed by atoms with van der Waals surface area (Å²) in [7, 11) is 0. The first-order valence-corrected chi connectivity index (χ1v) is 6.21. The minimum absolute atomic E-state index is 0.0123. The Morgan fingerprint density at radius 2 is 2.00 bits per heavy atom. The summed E-state index contributed by atoms with van der Waals surface area (Å²) < 4.78 is 5.29. The van der Waals surface area contributed by atoms with Crippen LogP contribution in [0.1, 0.15) is 24.2 Å². The van der Waals surface area contributed by atoms with Crippen molar-refractivity contribution in [2.24, 2.45) is 10.9 Å². The average Bonchev–Trinajstić information content (AvgIpc) is 2.71. The van der Waals surface area contributed by atoms with Crippen molar-refractivity contribution in [1.29, 1.82) is 0 Å². The smallest absolute Gasteiger partial charge is 0.300 e. The van der Waals surface area contributed by atoms with Crippen LogP contribution in [-0.4, -0.2) is 23.9 Å². The van der Waals surface area contributed by atoms with Crippen LogP contribution in [0.15, 0.2) is 29.3 Å². The van der Waals surface area contributed by atoms with Crippen LogP contribution in [0.5, 0.6) is 0 Å². The third kappa shape index (κ3) is 3.12. The van der Waals surface area contributed by atoms with Gasteiger partial charge in [0.05, 0.1) is 0 Å². The number of nitrogens with zero attached hydrogens (tertiary/aromatic N) is 1. The molecule has 1 aromatic rings. The molecule has 5 nitrogen and oxygen atoms in total. The summed E-state index contributed by atoms with van der Waals surface area (Å²) >= 11 is 5.73. The predicted octanol–water partition coefficient (Wildman–Crippen LogP) is 2.01. The fourth-order valence-corrected chi connectivity index (χ4v) is 1.75. The van der Waals surface area contributed by atoms with Crippen LogP contribution in [0.2, 0.25) is 5.02 Å². The number of carbonyl (C=O) groups is 2. The minimum atomic E-state index is -0.600. The molecule has 2 rings (SSSR count). The maximum absolute atomic E-state index is 11.8. The second-order valence-corrected chi connectivity index (χ2v) is 4.94. The van der Waals surface area contributed by atoms with Crippen molar-refractivity contribution in [2.75, 3.05) is 0 Å². The number of nitrogens with one attached hydrogen (secondary N) is 1. The molecule has 1 aliphatic rings. The summed E-state index contributed by atoms with van der Waals surface area (Å²) in [5.74, 6) is -0.757. The summed E-state index contributed by atoms with van der Waals surface area (Å²) in [5, 5.41) is 2.98. The van der Waals surface area contributed by atoms with Gasteiger partial charge in [-0.1, -0.05) is 25.4 Å². The lowest BCUT2D eigenvalue weighted by Gasteiger charge is -2.09. The molecule has 1 unspecified atom stereocenters. The highest BCUT2D eigenvalue weighted by molar-refractivity contribution is 6.30. The zero-order valence-electron chi connectivity index (χ0n) is 10.5. The lowest BCUT2D eigenvalue weighted by Crippen LogP contribution is -2.28. The van der Waals surface area contributed by atoms with E-state index < -0.39 is 12.0 Å². The number of hydrogen-bond donors (Lipinski definition) is 1. The van der Waals surface area contributed by atoms with E-state index in [0.29, 0.717) is 10.6 Å². The van der Waals surface area contributed by atoms with Gasteiger partial charge in [-0.2, -0.15) is 4.99 Å². The van der Waals surface area contributed by atoms with Gasteiger partial charge in [0.2, 0.25) is 0 Å². The minimum Gasteiger partial charge on any atom is -0.451 e. The quantitative estimate of drug-likeness (QED) is 0.901. The maximum atomic E-state index is 11.8. The summed E-state index contributed by atoms with van der Waals surface area (Å²) in [6, 6.07) is 6.26. The molecular formula is C13H13ClN2O3. The largest absolute Gasteiger partial charge is 0.451 e. The third-order valence-electron chi connectivity index (χ3n) is 2.63. The molecule has 0 bridgehead atoms. The number of amidine groups is 1. The van der Waals surface area contributed by atoms with Crippen molar-refractivity contribution in [3.63, 3.8) is 0 Å². The number of hydrogen-bond acceptors (Lipinski definition) is 3. The number of amides is 2. The first kappa shape index (κ1) is 13.5. The third-order valence-corrected chi connectivity index (χ3v) is 2.88. The van der Waals surface area contributed by atoms with Gasteiger partial charge in [0.1, 0.15) is 0 Å². The van der Waals surface area contributed by atoms with Gasteiger partial charge in [0.25, 0.3) is 11.8 Å². The molecular weight excluding hydrogens is 268 g/mol. The molecule has 0 saturated carbocycles. The van der Waals surface area contributed by atoms with Crippen LogP contribution in [0.4, 0.5) is 0 Å². The summed E-state index contributed by atoms with van der Waals surface area (Å²) in [5.41, 5.74) is 0.378. The number of rotatable bonds is 2. The Labute approximate surface area is 115 Å². The standard InChI is InChI=1S/C13H13ClN2O3/c1-7(2)10-12(18)16-13(19-10)15-11(17)8-3-5-9(14)6-4-8/h3-7,10H,1-2H3,(H,15,16,17,18). The zero-order valence-corrected chi connectivity index (χ0v) is 11.3. The molecule has 0 aromatic heterocycles. The molecule has 1 N–H and O–H groups in total. The topological polar surface area (TPSA) is 67.8 Å². The molecule has 1 heterocycles. The maximum Gasteiger partial charge on any atom is 0.300 e. The van der Waals surface area contributed by atoms with E-state index in [1.54, 1.807) is 24.3 Å². The molecule has 2 amide bonds. The van der Waals surface area contributed by atoms with Gasteiger partial charge in [-0.25, -0.2) is 0 Å². The van der Waals surface area contributed by atoms with E-state index in [9.17, 15) is 9.59 Å². The molecule has 0 aliphatic carbocycles. The van der Waals surface area contributed by atoms with Crippen molar-refractivity contribution < 1.29 is 14.3 Å². The van der Waals surface area contributed by atoms with Crippen molar-refractivity contribution in [3.05, 3.63) is 34.9 Å². The van der Waals surface area contributed by atoms with Gasteiger partial charge in [0.15, 0.2) is 6.10 Å². The van der Waals surface area contributed by atoms with Crippen LogP contribution >= 0.6 is 11.6 Å². The second kappa shape index (κ2) is 5.40. The average molecular weight is 281 g/mol. The monoisotopic (exact) mass is 280 g/mol. The van der Waals surface area contributed by atoms with Gasteiger partial charge in [-0.05, 0) is 30.2 Å². The van der Waals surface area contributed by atoms with E-state index >= 15 is 0 Å².